The van der Waals surface area contributed by atoms with Gasteiger partial charge < -0.3 is 9.80 Å². The molecule has 0 bridgehead atoms. The van der Waals surface area contributed by atoms with Gasteiger partial charge in [0.05, 0.1) is 11.4 Å². The third kappa shape index (κ3) is 5.45. The first-order valence-corrected chi connectivity index (χ1v) is 27.9. The smallest absolute Gasteiger partial charge is 0.248 e. The Morgan fingerprint density at radius 2 is 0.872 bits per heavy atom. The van der Waals surface area contributed by atoms with Crippen LogP contribution in [0, 0.1) is 34.6 Å². The zero-order valence-electron chi connectivity index (χ0n) is 44.3. The van der Waals surface area contributed by atoms with E-state index >= 15 is 0 Å². The van der Waals surface area contributed by atoms with Crippen molar-refractivity contribution in [3.63, 3.8) is 0 Å². The summed E-state index contributed by atoms with van der Waals surface area (Å²) in [5.41, 5.74) is 31.0. The molecule has 0 atom stereocenters. The lowest BCUT2D eigenvalue weighted by Gasteiger charge is -2.37. The predicted octanol–water partition coefficient (Wildman–Crippen LogP) is 15.2. The Kier molecular flexibility index (Phi) is 8.33. The zero-order valence-corrected chi connectivity index (χ0v) is 44.3. The van der Waals surface area contributed by atoms with Gasteiger partial charge in [-0.15, -0.1) is 0 Å². The maximum atomic E-state index is 2.64. The molecule has 0 fully saturated rings. The largest absolute Gasteiger partial charge is 0.311 e. The van der Waals surface area contributed by atoms with E-state index in [1.165, 1.54) is 193 Å². The molecule has 4 heterocycles. The van der Waals surface area contributed by atoms with Crippen LogP contribution in [-0.4, -0.2) is 13.4 Å². The Morgan fingerprint density at radius 1 is 0.333 bits per heavy atom. The van der Waals surface area contributed by atoms with E-state index in [4.69, 9.17) is 0 Å². The van der Waals surface area contributed by atoms with E-state index in [-0.39, 0.29) is 13.4 Å². The third-order valence-electron chi connectivity index (χ3n) is 19.3. The number of rotatable bonds is 4. The highest BCUT2D eigenvalue weighted by Crippen LogP contribution is 2.50. The van der Waals surface area contributed by atoms with E-state index in [2.05, 4.69) is 245 Å². The molecule has 0 aliphatic carbocycles. The van der Waals surface area contributed by atoms with Gasteiger partial charge in [-0.05, 0) is 203 Å². The molecule has 0 spiro atoms. The van der Waals surface area contributed by atoms with Crippen LogP contribution in [0.15, 0.2) is 200 Å². The summed E-state index contributed by atoms with van der Waals surface area (Å²) in [7, 11) is 0. The van der Waals surface area contributed by atoms with Crippen LogP contribution in [0.25, 0.3) is 86.9 Å². The molecular weight excluding hydrogens is 938 g/mol. The van der Waals surface area contributed by atoms with E-state index in [0.29, 0.717) is 0 Å². The lowest BCUT2D eigenvalue weighted by Crippen LogP contribution is -2.55. The van der Waals surface area contributed by atoms with Crippen LogP contribution in [0.4, 0.5) is 34.1 Å². The quantitative estimate of drug-likeness (QED) is 0.128. The van der Waals surface area contributed by atoms with Crippen LogP contribution in [0.3, 0.4) is 0 Å². The Labute approximate surface area is 454 Å². The molecule has 0 aromatic heterocycles. The Hall–Kier alpha value is -9.11. The molecule has 0 N–H and O–H groups in total. The summed E-state index contributed by atoms with van der Waals surface area (Å²) in [6.07, 6.45) is 0.799. The molecule has 78 heavy (non-hydrogen) atoms. The molecule has 0 unspecified atom stereocenters. The second-order valence-corrected chi connectivity index (χ2v) is 23.3. The fourth-order valence-electron chi connectivity index (χ4n) is 15.7. The van der Waals surface area contributed by atoms with Gasteiger partial charge in [-0.2, -0.15) is 0 Å². The second-order valence-electron chi connectivity index (χ2n) is 23.3. The minimum Gasteiger partial charge on any atom is -0.311 e. The Balaban J connectivity index is 0.869. The van der Waals surface area contributed by atoms with Crippen LogP contribution >= 0.6 is 0 Å². The topological polar surface area (TPSA) is 6.48 Å². The minimum atomic E-state index is 0.110. The Morgan fingerprint density at radius 3 is 1.56 bits per heavy atom. The molecule has 4 heteroatoms. The number of nitrogens with zero attached hydrogens (tertiary/aromatic N) is 2. The Bertz CT molecular complexity index is 5010. The highest BCUT2D eigenvalue weighted by atomic mass is 15.2. The van der Waals surface area contributed by atoms with Gasteiger partial charge in [0.2, 0.25) is 13.4 Å². The van der Waals surface area contributed by atoms with Crippen molar-refractivity contribution in [1.82, 2.24) is 0 Å². The normalized spacial score (nSPS) is 13.7. The summed E-state index contributed by atoms with van der Waals surface area (Å²) in [5.74, 6) is 0. The average Bonchev–Trinajstić information content (AvgIpc) is 4.18. The molecule has 4 aliphatic rings. The van der Waals surface area contributed by atoms with Crippen molar-refractivity contribution < 1.29 is 0 Å². The predicted molar refractivity (Wildman–Crippen MR) is 336 cm³/mol. The van der Waals surface area contributed by atoms with Gasteiger partial charge in [0.25, 0.3) is 0 Å². The first kappa shape index (κ1) is 43.0. The maximum Gasteiger partial charge on any atom is 0.248 e. The van der Waals surface area contributed by atoms with Crippen LogP contribution in [0.2, 0.25) is 0 Å². The second kappa shape index (κ2) is 15.1. The first-order valence-electron chi connectivity index (χ1n) is 27.9. The molecule has 362 valence electrons. The van der Waals surface area contributed by atoms with Gasteiger partial charge in [-0.25, -0.2) is 0 Å². The molecular formula is C74H50B2N2. The summed E-state index contributed by atoms with van der Waals surface area (Å²) in [6, 6.07) is 78.0. The number of aryl methyl sites for hydroxylation is 3. The van der Waals surface area contributed by atoms with Gasteiger partial charge >= 0.3 is 0 Å². The van der Waals surface area contributed by atoms with E-state index in [9.17, 15) is 0 Å². The molecule has 18 rings (SSSR count). The van der Waals surface area contributed by atoms with Crippen molar-refractivity contribution in [2.45, 2.75) is 41.0 Å². The van der Waals surface area contributed by atoms with Crippen molar-refractivity contribution in [1.29, 1.82) is 0 Å². The first-order chi connectivity index (χ1) is 38.3. The lowest BCUT2D eigenvalue weighted by atomic mass is 9.37. The number of hydrogen-bond donors (Lipinski definition) is 0. The van der Waals surface area contributed by atoms with Crippen LogP contribution < -0.4 is 42.6 Å². The van der Waals surface area contributed by atoms with Gasteiger partial charge in [0.15, 0.2) is 0 Å². The van der Waals surface area contributed by atoms with E-state index in [1.54, 1.807) is 0 Å². The lowest BCUT2D eigenvalue weighted by molar-refractivity contribution is 1.18. The monoisotopic (exact) mass is 988 g/mol. The third-order valence-corrected chi connectivity index (χ3v) is 19.3. The van der Waals surface area contributed by atoms with Crippen molar-refractivity contribution in [3.05, 3.63) is 239 Å². The fourth-order valence-corrected chi connectivity index (χ4v) is 15.7. The molecule has 0 radical (unpaired) electrons. The maximum absolute atomic E-state index is 2.64. The van der Waals surface area contributed by atoms with Crippen LogP contribution in [-0.2, 0) is 6.42 Å². The summed E-state index contributed by atoms with van der Waals surface area (Å²) in [5, 5.41) is 15.7. The average molecular weight is 989 g/mol. The molecule has 4 aliphatic heterocycles. The van der Waals surface area contributed by atoms with Gasteiger partial charge in [-0.1, -0.05) is 186 Å². The van der Waals surface area contributed by atoms with E-state index < -0.39 is 0 Å². The highest BCUT2D eigenvalue weighted by molar-refractivity contribution is 7.02. The van der Waals surface area contributed by atoms with Gasteiger partial charge in [-0.3, -0.25) is 0 Å². The van der Waals surface area contributed by atoms with E-state index in [1.807, 2.05) is 0 Å². The standard InChI is InChI=1S/C74H50B2N2/c1-40-15-29-57-56(35-40)53-13-8-14-64-73(53)75(57)58-30-17-45(39-66(58)78(64)62-33-25-51-21-19-47-10-7-12-49-23-28-55(62)71(51)69(47)49)38-52-26-34-65-74-72(52)67-44(5)43(4)42(3)37-60(67)76(74)59-36-41(2)16-31-63(59)77(65)61-32-24-50-20-18-46-9-6-11-48-22-27-54(61)70(50)68(46)48/h6-37,39H,38H2,1-5H3. The highest BCUT2D eigenvalue weighted by Gasteiger charge is 2.46. The zero-order chi connectivity index (χ0) is 51.6. The van der Waals surface area contributed by atoms with E-state index in [0.717, 1.165) is 6.42 Å². The molecule has 0 saturated heterocycles. The summed E-state index contributed by atoms with van der Waals surface area (Å²) >= 11 is 0. The van der Waals surface area contributed by atoms with Crippen LogP contribution in [0.5, 0.6) is 0 Å². The number of anilines is 6. The number of hydrogen-bond acceptors (Lipinski definition) is 2. The minimum absolute atomic E-state index is 0.110. The van der Waals surface area contributed by atoms with Crippen molar-refractivity contribution in [2.75, 3.05) is 9.80 Å². The van der Waals surface area contributed by atoms with Gasteiger partial charge in [0.1, 0.15) is 0 Å². The molecule has 14 aromatic carbocycles. The number of benzene rings is 14. The number of fused-ring (bicyclic) bond motifs is 10. The molecule has 0 saturated carbocycles. The molecule has 0 amide bonds. The summed E-state index contributed by atoms with van der Waals surface area (Å²) < 4.78 is 0. The summed E-state index contributed by atoms with van der Waals surface area (Å²) in [4.78, 5) is 5.26. The van der Waals surface area contributed by atoms with Crippen molar-refractivity contribution in [3.8, 4) is 22.3 Å². The van der Waals surface area contributed by atoms with Crippen molar-refractivity contribution >= 4 is 145 Å². The van der Waals surface area contributed by atoms with Gasteiger partial charge in [0, 0.05) is 33.5 Å². The van der Waals surface area contributed by atoms with Crippen LogP contribution in [0.1, 0.15) is 38.9 Å². The molecule has 2 nitrogen and oxygen atoms in total. The summed E-state index contributed by atoms with van der Waals surface area (Å²) in [6.45, 7) is 11.8. The fraction of sp³-hybridized carbons (Fsp3) is 0.0811. The SMILES string of the molecule is Cc1ccc2c(c1)B1c3cc(C)c(C)c(C)c3-c3c(Cc4ccc5c(c4)N(c4ccc6ccc7cccc8ccc4c6c78)c4cccc6c4B5c4ccc(C)cc4-6)ccc(c31)N2c1ccc2ccc3cccc4ccc1c2c34. The van der Waals surface area contributed by atoms with Crippen molar-refractivity contribution in [2.24, 2.45) is 0 Å². The molecule has 14 aromatic rings.